The maximum Gasteiger partial charge on any atom is 0.205 e. The molecule has 26 heavy (non-hydrogen) atoms. The molecule has 1 fully saturated rings. The number of benzene rings is 1. The maximum absolute atomic E-state index is 13.8. The Morgan fingerprint density at radius 2 is 1.88 bits per heavy atom. The molecule has 4 rings (SSSR count). The number of hydrogen-bond acceptors (Lipinski definition) is 6. The number of hydrogen-bond donors (Lipinski definition) is 0. The highest BCUT2D eigenvalue weighted by Gasteiger charge is 2.20. The van der Waals surface area contributed by atoms with Crippen LogP contribution in [0.3, 0.4) is 0 Å². The van der Waals surface area contributed by atoms with Crippen LogP contribution in [-0.2, 0) is 6.42 Å². The van der Waals surface area contributed by atoms with Crippen molar-refractivity contribution in [2.75, 3.05) is 36.0 Å². The van der Waals surface area contributed by atoms with Gasteiger partial charge < -0.3 is 9.80 Å². The van der Waals surface area contributed by atoms with Crippen LogP contribution in [0.2, 0.25) is 0 Å². The minimum absolute atomic E-state index is 0.221. The summed E-state index contributed by atoms with van der Waals surface area (Å²) in [5.41, 5.74) is 2.87. The second-order valence-electron chi connectivity index (χ2n) is 6.62. The molecule has 3 aromatic rings. The number of fused-ring (bicyclic) bond motifs is 1. The van der Waals surface area contributed by atoms with Crippen LogP contribution in [0.4, 0.5) is 15.2 Å². The van der Waals surface area contributed by atoms with Crippen LogP contribution in [-0.4, -0.2) is 40.5 Å². The van der Waals surface area contributed by atoms with Gasteiger partial charge in [-0.3, -0.25) is 4.98 Å². The lowest BCUT2D eigenvalue weighted by Gasteiger charge is -2.25. The molecular formula is C19H22FN5S. The van der Waals surface area contributed by atoms with Gasteiger partial charge in [-0.15, -0.1) is 0 Å². The summed E-state index contributed by atoms with van der Waals surface area (Å²) >= 11 is 1.48. The average Bonchev–Trinajstić information content (AvgIpc) is 2.98. The molecule has 0 bridgehead atoms. The molecule has 0 atom stereocenters. The van der Waals surface area contributed by atoms with E-state index in [-0.39, 0.29) is 5.82 Å². The Hall–Kier alpha value is -2.28. The Balaban J connectivity index is 1.61. The number of rotatable bonds is 3. The first-order valence-corrected chi connectivity index (χ1v) is 9.81. The lowest BCUT2D eigenvalue weighted by Crippen LogP contribution is -2.30. The van der Waals surface area contributed by atoms with E-state index in [1.807, 2.05) is 6.92 Å². The molecule has 1 aliphatic rings. The van der Waals surface area contributed by atoms with Gasteiger partial charge in [0.15, 0.2) is 0 Å². The van der Waals surface area contributed by atoms with E-state index in [1.54, 1.807) is 12.1 Å². The van der Waals surface area contributed by atoms with Crippen LogP contribution in [0.1, 0.15) is 24.9 Å². The molecule has 0 saturated carbocycles. The Morgan fingerprint density at radius 3 is 2.69 bits per heavy atom. The normalized spacial score (nSPS) is 15.5. The molecule has 1 aliphatic heterocycles. The summed E-state index contributed by atoms with van der Waals surface area (Å²) in [6.45, 7) is 7.72. The summed E-state index contributed by atoms with van der Waals surface area (Å²) in [7, 11) is 0. The fraction of sp³-hybridized carbons (Fsp3) is 0.421. The zero-order valence-electron chi connectivity index (χ0n) is 15.1. The van der Waals surface area contributed by atoms with Crippen LogP contribution >= 0.6 is 11.5 Å². The van der Waals surface area contributed by atoms with E-state index in [1.165, 1.54) is 17.6 Å². The molecule has 1 saturated heterocycles. The van der Waals surface area contributed by atoms with Crippen molar-refractivity contribution in [3.05, 3.63) is 41.6 Å². The van der Waals surface area contributed by atoms with Gasteiger partial charge in [-0.25, -0.2) is 9.37 Å². The first-order valence-electron chi connectivity index (χ1n) is 9.03. The Morgan fingerprint density at radius 1 is 1.08 bits per heavy atom. The summed E-state index contributed by atoms with van der Waals surface area (Å²) in [5.74, 6) is 0.694. The van der Waals surface area contributed by atoms with Gasteiger partial charge in [0.25, 0.3) is 0 Å². The summed E-state index contributed by atoms with van der Waals surface area (Å²) in [6.07, 6.45) is 1.89. The standard InChI is InChI=1S/C19H22FN5S/c1-3-18-22-19(26-23-18)25-8-4-7-24(9-10-25)17-11-13(2)21-16-6-5-14(20)12-15(16)17/h5-6,11-12H,3-4,7-10H2,1-2H3. The quantitative estimate of drug-likeness (QED) is 0.700. The second-order valence-corrected chi connectivity index (χ2v) is 7.35. The lowest BCUT2D eigenvalue weighted by atomic mass is 10.1. The van der Waals surface area contributed by atoms with E-state index in [0.717, 1.165) is 72.3 Å². The van der Waals surface area contributed by atoms with Crippen LogP contribution in [0.5, 0.6) is 0 Å². The molecule has 0 aliphatic carbocycles. The van der Waals surface area contributed by atoms with Gasteiger partial charge in [0.2, 0.25) is 5.13 Å². The zero-order chi connectivity index (χ0) is 18.1. The van der Waals surface area contributed by atoms with E-state index >= 15 is 0 Å². The van der Waals surface area contributed by atoms with Gasteiger partial charge in [0, 0.05) is 60.9 Å². The molecule has 0 amide bonds. The van der Waals surface area contributed by atoms with Crippen LogP contribution in [0.25, 0.3) is 10.9 Å². The molecule has 0 unspecified atom stereocenters. The van der Waals surface area contributed by atoms with Gasteiger partial charge in [-0.05, 0) is 37.6 Å². The second kappa shape index (κ2) is 7.15. The monoisotopic (exact) mass is 371 g/mol. The van der Waals surface area contributed by atoms with E-state index < -0.39 is 0 Å². The largest absolute Gasteiger partial charge is 0.369 e. The molecule has 136 valence electrons. The first kappa shape index (κ1) is 17.1. The van der Waals surface area contributed by atoms with Gasteiger partial charge >= 0.3 is 0 Å². The van der Waals surface area contributed by atoms with E-state index in [2.05, 4.69) is 37.1 Å². The predicted octanol–water partition coefficient (Wildman–Crippen LogP) is 3.81. The fourth-order valence-electron chi connectivity index (χ4n) is 3.44. The molecule has 0 spiro atoms. The predicted molar refractivity (Wildman–Crippen MR) is 105 cm³/mol. The highest BCUT2D eigenvalue weighted by molar-refractivity contribution is 7.09. The Kier molecular flexibility index (Phi) is 4.72. The van der Waals surface area contributed by atoms with Crippen molar-refractivity contribution >= 4 is 33.3 Å². The van der Waals surface area contributed by atoms with Crippen LogP contribution in [0, 0.1) is 12.7 Å². The van der Waals surface area contributed by atoms with Crippen LogP contribution < -0.4 is 9.80 Å². The van der Waals surface area contributed by atoms with Gasteiger partial charge in [-0.2, -0.15) is 4.37 Å². The van der Waals surface area contributed by atoms with Crippen molar-refractivity contribution in [3.63, 3.8) is 0 Å². The van der Waals surface area contributed by atoms with Gasteiger partial charge in [0.05, 0.1) is 5.52 Å². The summed E-state index contributed by atoms with van der Waals surface area (Å²) in [4.78, 5) is 13.8. The van der Waals surface area contributed by atoms with Crippen molar-refractivity contribution in [2.24, 2.45) is 0 Å². The molecular weight excluding hydrogens is 349 g/mol. The average molecular weight is 371 g/mol. The van der Waals surface area contributed by atoms with E-state index in [9.17, 15) is 4.39 Å². The third-order valence-electron chi connectivity index (χ3n) is 4.76. The van der Waals surface area contributed by atoms with Gasteiger partial charge in [0.1, 0.15) is 11.6 Å². The third-order valence-corrected chi connectivity index (χ3v) is 5.57. The summed E-state index contributed by atoms with van der Waals surface area (Å²) in [5, 5.41) is 1.89. The maximum atomic E-state index is 13.8. The van der Waals surface area contributed by atoms with Crippen LogP contribution in [0.15, 0.2) is 24.3 Å². The number of anilines is 2. The van der Waals surface area contributed by atoms with Crippen molar-refractivity contribution in [1.82, 2.24) is 14.3 Å². The van der Waals surface area contributed by atoms with Crippen molar-refractivity contribution in [1.29, 1.82) is 0 Å². The molecule has 1 aromatic carbocycles. The number of aromatic nitrogens is 3. The first-order chi connectivity index (χ1) is 12.6. The molecule has 3 heterocycles. The third kappa shape index (κ3) is 3.35. The topological polar surface area (TPSA) is 45.2 Å². The molecule has 0 radical (unpaired) electrons. The minimum atomic E-state index is -0.221. The SMILES string of the molecule is CCc1nsc(N2CCCN(c3cc(C)nc4ccc(F)cc34)CC2)n1. The molecule has 0 N–H and O–H groups in total. The molecule has 7 heteroatoms. The summed E-state index contributed by atoms with van der Waals surface area (Å²) in [6, 6.07) is 6.90. The number of pyridine rings is 1. The Labute approximate surface area is 156 Å². The summed E-state index contributed by atoms with van der Waals surface area (Å²) < 4.78 is 18.2. The number of aryl methyl sites for hydroxylation is 2. The Bertz CT molecular complexity index is 925. The van der Waals surface area contributed by atoms with E-state index in [4.69, 9.17) is 0 Å². The van der Waals surface area contributed by atoms with Crippen molar-refractivity contribution in [3.8, 4) is 0 Å². The fourth-order valence-corrected chi connectivity index (χ4v) is 4.24. The highest BCUT2D eigenvalue weighted by Crippen LogP contribution is 2.29. The minimum Gasteiger partial charge on any atom is -0.369 e. The number of halogens is 1. The van der Waals surface area contributed by atoms with E-state index in [0.29, 0.717) is 0 Å². The highest BCUT2D eigenvalue weighted by atomic mass is 32.1. The van der Waals surface area contributed by atoms with Crippen molar-refractivity contribution in [2.45, 2.75) is 26.7 Å². The zero-order valence-corrected chi connectivity index (χ0v) is 15.9. The lowest BCUT2D eigenvalue weighted by molar-refractivity contribution is 0.629. The van der Waals surface area contributed by atoms with Gasteiger partial charge in [-0.1, -0.05) is 6.92 Å². The molecule has 5 nitrogen and oxygen atoms in total. The number of nitrogens with zero attached hydrogens (tertiary/aromatic N) is 5. The smallest absolute Gasteiger partial charge is 0.205 e. The van der Waals surface area contributed by atoms with Crippen molar-refractivity contribution < 1.29 is 4.39 Å². The molecule has 2 aromatic heterocycles.